The molecule has 0 aliphatic heterocycles. The Balaban J connectivity index is 1.23. The lowest BCUT2D eigenvalue weighted by atomic mass is 9.84. The van der Waals surface area contributed by atoms with Crippen molar-refractivity contribution in [2.75, 3.05) is 17.1 Å². The quantitative estimate of drug-likeness (QED) is 0.217. The highest BCUT2D eigenvalue weighted by atomic mass is 32.2. The van der Waals surface area contributed by atoms with Crippen LogP contribution in [0, 0.1) is 5.92 Å². The predicted molar refractivity (Wildman–Crippen MR) is 164 cm³/mol. The van der Waals surface area contributed by atoms with Crippen molar-refractivity contribution in [1.29, 1.82) is 0 Å². The largest absolute Gasteiger partial charge is 0.497 e. The number of hydrogen-bond acceptors (Lipinski definition) is 8. The molecule has 2 aromatic carbocycles. The van der Waals surface area contributed by atoms with Crippen LogP contribution in [-0.2, 0) is 16.6 Å². The van der Waals surface area contributed by atoms with Crippen molar-refractivity contribution in [3.8, 4) is 5.75 Å². The number of ether oxygens (including phenoxy) is 1. The molecule has 2 heterocycles. The molecule has 1 fully saturated rings. The second-order valence-corrected chi connectivity index (χ2v) is 13.5. The molecule has 0 radical (unpaired) electrons. The molecule has 13 heteroatoms. The van der Waals surface area contributed by atoms with Crippen molar-refractivity contribution in [2.45, 2.75) is 69.5 Å². The van der Waals surface area contributed by atoms with Gasteiger partial charge in [0.25, 0.3) is 10.0 Å². The van der Waals surface area contributed by atoms with Gasteiger partial charge in [-0.2, -0.15) is 10.1 Å². The number of carboxylic acid groups (broad SMARTS) is 1. The molecule has 0 spiro atoms. The van der Waals surface area contributed by atoms with Gasteiger partial charge in [-0.15, -0.1) is 0 Å². The van der Waals surface area contributed by atoms with E-state index in [2.05, 4.69) is 25.1 Å². The summed E-state index contributed by atoms with van der Waals surface area (Å²) in [6.07, 6.45) is 6.03. The Kier molecular flexibility index (Phi) is 8.45. The van der Waals surface area contributed by atoms with Crippen molar-refractivity contribution >= 4 is 44.5 Å². The number of fused-ring (bicyclic) bond motifs is 1. The van der Waals surface area contributed by atoms with Gasteiger partial charge >= 0.3 is 6.09 Å². The second-order valence-electron chi connectivity index (χ2n) is 11.8. The first-order valence-electron chi connectivity index (χ1n) is 14.2. The van der Waals surface area contributed by atoms with E-state index in [1.165, 1.54) is 12.1 Å². The van der Waals surface area contributed by atoms with Gasteiger partial charge in [-0.1, -0.05) is 0 Å². The van der Waals surface area contributed by atoms with Gasteiger partial charge in [0.15, 0.2) is 5.65 Å². The van der Waals surface area contributed by atoms with Crippen LogP contribution in [0.5, 0.6) is 5.75 Å². The third kappa shape index (κ3) is 6.99. The van der Waals surface area contributed by atoms with E-state index in [9.17, 15) is 18.3 Å². The first kappa shape index (κ1) is 30.1. The molecular formula is C30H37N7O5S. The summed E-state index contributed by atoms with van der Waals surface area (Å²) < 4.78 is 35.2. The predicted octanol–water partition coefficient (Wildman–Crippen LogP) is 5.72. The van der Waals surface area contributed by atoms with Gasteiger partial charge in [0.2, 0.25) is 5.95 Å². The lowest BCUT2D eigenvalue weighted by Crippen LogP contribution is -2.52. The third-order valence-corrected chi connectivity index (χ3v) is 9.08. The average molecular weight is 608 g/mol. The van der Waals surface area contributed by atoms with Crippen molar-refractivity contribution in [3.63, 3.8) is 0 Å². The van der Waals surface area contributed by atoms with Gasteiger partial charge < -0.3 is 20.1 Å². The van der Waals surface area contributed by atoms with E-state index < -0.39 is 21.7 Å². The van der Waals surface area contributed by atoms with Crippen molar-refractivity contribution in [2.24, 2.45) is 5.92 Å². The lowest BCUT2D eigenvalue weighted by molar-refractivity contribution is 0.0489. The number of benzene rings is 2. The van der Waals surface area contributed by atoms with Crippen LogP contribution in [0.1, 0.15) is 46.5 Å². The van der Waals surface area contributed by atoms with E-state index in [1.54, 1.807) is 60.8 Å². The van der Waals surface area contributed by atoms with Crippen LogP contribution < -0.4 is 14.8 Å². The van der Waals surface area contributed by atoms with Gasteiger partial charge in [-0.05, 0) is 101 Å². The zero-order chi connectivity index (χ0) is 30.8. The van der Waals surface area contributed by atoms with E-state index >= 15 is 0 Å². The molecule has 1 aliphatic carbocycles. The molecule has 5 rings (SSSR count). The smallest absolute Gasteiger partial charge is 0.407 e. The fourth-order valence-electron chi connectivity index (χ4n) is 5.60. The van der Waals surface area contributed by atoms with Crippen LogP contribution in [0.3, 0.4) is 0 Å². The zero-order valence-electron chi connectivity index (χ0n) is 24.7. The molecular weight excluding hydrogens is 570 g/mol. The zero-order valence-corrected chi connectivity index (χ0v) is 25.5. The van der Waals surface area contributed by atoms with Crippen LogP contribution >= 0.6 is 0 Å². The maximum Gasteiger partial charge on any atom is 0.407 e. The highest BCUT2D eigenvalue weighted by Gasteiger charge is 2.35. The summed E-state index contributed by atoms with van der Waals surface area (Å²) in [4.78, 5) is 22.7. The molecule has 0 atom stereocenters. The Bertz CT molecular complexity index is 1670. The SMILES string of the molecule is COc1ccc(NS(=O)(=O)c2ccc(Nc3ncc4cnn(CC5CCC(N(C(=O)O)C(C)(C)C)CC5)c4n3)cc2)cc1. The van der Waals surface area contributed by atoms with Gasteiger partial charge in [0, 0.05) is 35.7 Å². The Hall–Kier alpha value is -4.39. The van der Waals surface area contributed by atoms with Gasteiger partial charge in [0.1, 0.15) is 5.75 Å². The minimum absolute atomic E-state index is 0.0147. The summed E-state index contributed by atoms with van der Waals surface area (Å²) in [6.45, 7) is 6.49. The number of nitrogens with one attached hydrogen (secondary N) is 2. The first-order valence-corrected chi connectivity index (χ1v) is 15.7. The van der Waals surface area contributed by atoms with E-state index in [-0.39, 0.29) is 10.9 Å². The summed E-state index contributed by atoms with van der Waals surface area (Å²) in [5.74, 6) is 1.36. The molecule has 12 nitrogen and oxygen atoms in total. The highest BCUT2D eigenvalue weighted by molar-refractivity contribution is 7.92. The minimum atomic E-state index is -3.78. The summed E-state index contributed by atoms with van der Waals surface area (Å²) >= 11 is 0. The number of nitrogens with zero attached hydrogens (tertiary/aromatic N) is 5. The molecule has 4 aromatic rings. The standard InChI is InChI=1S/C30H37N7O5S/c1-30(2,3)37(29(38)39)24-11-5-20(6-12-24)19-36-27-21(18-32-36)17-31-28(34-27)33-22-9-15-26(16-10-22)43(40,41)35-23-7-13-25(42-4)14-8-23/h7-10,13-18,20,24,35H,5-6,11-12,19H2,1-4H3,(H,38,39)(H,31,33,34). The summed E-state index contributed by atoms with van der Waals surface area (Å²) in [5.41, 5.74) is 1.32. The normalized spacial score (nSPS) is 17.4. The molecule has 0 bridgehead atoms. The first-order chi connectivity index (χ1) is 20.4. The molecule has 1 aliphatic rings. The number of methoxy groups -OCH3 is 1. The monoisotopic (exact) mass is 607 g/mol. The molecule has 3 N–H and O–H groups in total. The second kappa shape index (κ2) is 12.1. The number of amides is 1. The van der Waals surface area contributed by atoms with E-state index in [4.69, 9.17) is 4.74 Å². The van der Waals surface area contributed by atoms with Gasteiger partial charge in [0.05, 0.1) is 23.6 Å². The van der Waals surface area contributed by atoms with Crippen LogP contribution in [0.15, 0.2) is 65.8 Å². The van der Waals surface area contributed by atoms with Crippen LogP contribution in [-0.4, -0.2) is 63.0 Å². The third-order valence-electron chi connectivity index (χ3n) is 7.68. The Morgan fingerprint density at radius 3 is 2.28 bits per heavy atom. The molecule has 1 saturated carbocycles. The highest BCUT2D eigenvalue weighted by Crippen LogP contribution is 2.33. The lowest BCUT2D eigenvalue weighted by Gasteiger charge is -2.42. The van der Waals surface area contributed by atoms with E-state index in [0.717, 1.165) is 31.1 Å². The topological polar surface area (TPSA) is 152 Å². The number of sulfonamides is 1. The minimum Gasteiger partial charge on any atom is -0.497 e. The molecule has 1 amide bonds. The Morgan fingerprint density at radius 2 is 1.67 bits per heavy atom. The number of hydrogen-bond donors (Lipinski definition) is 3. The molecule has 0 saturated heterocycles. The number of carbonyl (C=O) groups is 1. The van der Waals surface area contributed by atoms with Crippen molar-refractivity contribution < 1.29 is 23.1 Å². The fourth-order valence-corrected chi connectivity index (χ4v) is 6.66. The fraction of sp³-hybridized carbons (Fsp3) is 0.400. The number of aromatic nitrogens is 4. The van der Waals surface area contributed by atoms with Gasteiger partial charge in [-0.25, -0.2) is 22.9 Å². The van der Waals surface area contributed by atoms with Crippen LogP contribution in [0.25, 0.3) is 11.0 Å². The average Bonchev–Trinajstić information content (AvgIpc) is 3.35. The van der Waals surface area contributed by atoms with E-state index in [0.29, 0.717) is 41.2 Å². The maximum absolute atomic E-state index is 12.8. The molecule has 43 heavy (non-hydrogen) atoms. The summed E-state index contributed by atoms with van der Waals surface area (Å²) in [7, 11) is -2.23. The molecule has 0 unspecified atom stereocenters. The van der Waals surface area contributed by atoms with Crippen molar-refractivity contribution in [3.05, 3.63) is 60.9 Å². The molecule has 2 aromatic heterocycles. The Morgan fingerprint density at radius 1 is 1.02 bits per heavy atom. The van der Waals surface area contributed by atoms with Crippen molar-refractivity contribution in [1.82, 2.24) is 24.6 Å². The van der Waals surface area contributed by atoms with Crippen LogP contribution in [0.2, 0.25) is 0 Å². The van der Waals surface area contributed by atoms with Crippen LogP contribution in [0.4, 0.5) is 22.1 Å². The number of anilines is 3. The Labute approximate surface area is 251 Å². The van der Waals surface area contributed by atoms with E-state index in [1.807, 2.05) is 25.5 Å². The number of rotatable bonds is 9. The summed E-state index contributed by atoms with van der Waals surface area (Å²) in [5, 5.41) is 18.3. The molecule has 228 valence electrons. The summed E-state index contributed by atoms with van der Waals surface area (Å²) in [6, 6.07) is 13.0. The maximum atomic E-state index is 12.8. The van der Waals surface area contributed by atoms with Gasteiger partial charge in [-0.3, -0.25) is 4.72 Å².